The molecule has 0 aromatic heterocycles. The molecule has 0 aliphatic heterocycles. The summed E-state index contributed by atoms with van der Waals surface area (Å²) >= 11 is 0. The summed E-state index contributed by atoms with van der Waals surface area (Å²) in [5.41, 5.74) is 1.39. The summed E-state index contributed by atoms with van der Waals surface area (Å²) in [7, 11) is 0. The quantitative estimate of drug-likeness (QED) is 0.333. The molecule has 0 aliphatic carbocycles. The van der Waals surface area contributed by atoms with Gasteiger partial charge in [0, 0.05) is 6.42 Å². The molecule has 0 N–H and O–H groups in total. The van der Waals surface area contributed by atoms with Gasteiger partial charge in [0.05, 0.1) is 6.61 Å². The lowest BCUT2D eigenvalue weighted by Gasteiger charge is -2.06. The summed E-state index contributed by atoms with van der Waals surface area (Å²) in [5, 5.41) is 0. The normalized spacial score (nSPS) is 11.0. The summed E-state index contributed by atoms with van der Waals surface area (Å²) in [6.07, 6.45) is 4.75. The van der Waals surface area contributed by atoms with Gasteiger partial charge in [0.1, 0.15) is 5.57 Å². The minimum Gasteiger partial charge on any atom is -0.461 e. The molecule has 0 fully saturated rings. The second-order valence-corrected chi connectivity index (χ2v) is 5.37. The van der Waals surface area contributed by atoms with Gasteiger partial charge in [0.2, 0.25) is 0 Å². The molecule has 2 heteroatoms. The van der Waals surface area contributed by atoms with Gasteiger partial charge in [-0.1, -0.05) is 69.4 Å². The predicted octanol–water partition coefficient (Wildman–Crippen LogP) is 4.46. The zero-order valence-electron chi connectivity index (χ0n) is 13.2. The van der Waals surface area contributed by atoms with E-state index in [4.69, 9.17) is 4.74 Å². The summed E-state index contributed by atoms with van der Waals surface area (Å²) in [4.78, 5) is 12.1. The van der Waals surface area contributed by atoms with Crippen LogP contribution in [0, 0.1) is 17.8 Å². The number of ether oxygens (including phenoxy) is 1. The molecular formula is C19H24O2. The molecule has 112 valence electrons. The molecule has 1 rings (SSSR count). The Morgan fingerprint density at radius 1 is 1.29 bits per heavy atom. The molecule has 1 aromatic carbocycles. The molecule has 21 heavy (non-hydrogen) atoms. The lowest BCUT2D eigenvalue weighted by atomic mass is 10.1. The van der Waals surface area contributed by atoms with E-state index in [2.05, 4.69) is 18.8 Å². The molecule has 0 unspecified atom stereocenters. The second-order valence-electron chi connectivity index (χ2n) is 5.37. The first-order valence-electron chi connectivity index (χ1n) is 7.56. The van der Waals surface area contributed by atoms with E-state index in [-0.39, 0.29) is 5.97 Å². The summed E-state index contributed by atoms with van der Waals surface area (Å²) < 4.78 is 5.29. The molecular weight excluding hydrogens is 260 g/mol. The van der Waals surface area contributed by atoms with Crippen LogP contribution in [-0.2, 0) is 9.53 Å². The SMILES string of the molecule is CCCCC#CC(=Cc1ccccc1)C(=O)OCC(C)C. The fourth-order valence-electron chi connectivity index (χ4n) is 1.60. The average Bonchev–Trinajstić information content (AvgIpc) is 2.49. The highest BCUT2D eigenvalue weighted by Crippen LogP contribution is 2.09. The zero-order chi connectivity index (χ0) is 15.5. The smallest absolute Gasteiger partial charge is 0.346 e. The summed E-state index contributed by atoms with van der Waals surface area (Å²) in [6, 6.07) is 9.72. The Morgan fingerprint density at radius 2 is 2.00 bits per heavy atom. The first kappa shape index (κ1) is 17.0. The Bertz CT molecular complexity index is 515. The highest BCUT2D eigenvalue weighted by Gasteiger charge is 2.09. The minimum atomic E-state index is -0.337. The Morgan fingerprint density at radius 3 is 2.62 bits per heavy atom. The maximum Gasteiger partial charge on any atom is 0.346 e. The number of rotatable bonds is 6. The van der Waals surface area contributed by atoms with E-state index >= 15 is 0 Å². The van der Waals surface area contributed by atoms with Crippen molar-refractivity contribution in [2.75, 3.05) is 6.61 Å². The van der Waals surface area contributed by atoms with Crippen LogP contribution in [0.4, 0.5) is 0 Å². The van der Waals surface area contributed by atoms with E-state index < -0.39 is 0 Å². The highest BCUT2D eigenvalue weighted by molar-refractivity contribution is 5.98. The number of hydrogen-bond acceptors (Lipinski definition) is 2. The molecule has 0 atom stereocenters. The topological polar surface area (TPSA) is 26.3 Å². The number of carbonyl (C=O) groups is 1. The van der Waals surface area contributed by atoms with Crippen LogP contribution in [0.5, 0.6) is 0 Å². The third-order valence-corrected chi connectivity index (χ3v) is 2.76. The maximum absolute atomic E-state index is 12.1. The van der Waals surface area contributed by atoms with Crippen molar-refractivity contribution < 1.29 is 9.53 Å². The van der Waals surface area contributed by atoms with Crippen molar-refractivity contribution in [3.05, 3.63) is 41.5 Å². The van der Waals surface area contributed by atoms with Crippen molar-refractivity contribution in [3.63, 3.8) is 0 Å². The van der Waals surface area contributed by atoms with E-state index in [9.17, 15) is 4.79 Å². The van der Waals surface area contributed by atoms with Crippen LogP contribution < -0.4 is 0 Å². The van der Waals surface area contributed by atoms with Gasteiger partial charge in [-0.3, -0.25) is 0 Å². The molecule has 0 spiro atoms. The van der Waals surface area contributed by atoms with Gasteiger partial charge in [-0.05, 0) is 24.0 Å². The molecule has 2 nitrogen and oxygen atoms in total. The Kier molecular flexibility index (Phi) is 7.97. The van der Waals surface area contributed by atoms with Crippen LogP contribution in [0.25, 0.3) is 6.08 Å². The van der Waals surface area contributed by atoms with E-state index in [0.29, 0.717) is 18.1 Å². The van der Waals surface area contributed by atoms with Crippen LogP contribution in [0.15, 0.2) is 35.9 Å². The number of unbranched alkanes of at least 4 members (excludes halogenated alkanes) is 2. The third kappa shape index (κ3) is 7.37. The van der Waals surface area contributed by atoms with Gasteiger partial charge in [0.15, 0.2) is 0 Å². The van der Waals surface area contributed by atoms with E-state index in [1.165, 1.54) is 0 Å². The maximum atomic E-state index is 12.1. The number of esters is 1. The van der Waals surface area contributed by atoms with E-state index in [0.717, 1.165) is 24.8 Å². The predicted molar refractivity (Wildman–Crippen MR) is 87.5 cm³/mol. The molecule has 0 heterocycles. The lowest BCUT2D eigenvalue weighted by molar-refractivity contribution is -0.139. The summed E-state index contributed by atoms with van der Waals surface area (Å²) in [6.45, 7) is 6.57. The van der Waals surface area contributed by atoms with Gasteiger partial charge < -0.3 is 4.74 Å². The Hall–Kier alpha value is -2.01. The third-order valence-electron chi connectivity index (χ3n) is 2.76. The summed E-state index contributed by atoms with van der Waals surface area (Å²) in [5.74, 6) is 6.00. The van der Waals surface area contributed by atoms with E-state index in [1.54, 1.807) is 6.08 Å². The molecule has 0 saturated carbocycles. The van der Waals surface area contributed by atoms with Crippen molar-refractivity contribution in [2.24, 2.45) is 5.92 Å². The molecule has 0 bridgehead atoms. The second kappa shape index (κ2) is 9.83. The van der Waals surface area contributed by atoms with Gasteiger partial charge in [-0.25, -0.2) is 4.79 Å². The lowest BCUT2D eigenvalue weighted by Crippen LogP contribution is -2.11. The fourth-order valence-corrected chi connectivity index (χ4v) is 1.60. The Labute approximate surface area is 128 Å². The largest absolute Gasteiger partial charge is 0.461 e. The fraction of sp³-hybridized carbons (Fsp3) is 0.421. The zero-order valence-corrected chi connectivity index (χ0v) is 13.2. The minimum absolute atomic E-state index is 0.319. The van der Waals surface area contributed by atoms with Crippen LogP contribution in [-0.4, -0.2) is 12.6 Å². The molecule has 0 aliphatic rings. The van der Waals surface area contributed by atoms with Crippen molar-refractivity contribution in [1.29, 1.82) is 0 Å². The highest BCUT2D eigenvalue weighted by atomic mass is 16.5. The van der Waals surface area contributed by atoms with Crippen LogP contribution in [0.2, 0.25) is 0 Å². The number of hydrogen-bond donors (Lipinski definition) is 0. The van der Waals surface area contributed by atoms with Gasteiger partial charge >= 0.3 is 5.97 Å². The van der Waals surface area contributed by atoms with Crippen molar-refractivity contribution in [3.8, 4) is 11.8 Å². The molecule has 0 radical (unpaired) electrons. The van der Waals surface area contributed by atoms with Crippen LogP contribution in [0.1, 0.15) is 45.6 Å². The van der Waals surface area contributed by atoms with E-state index in [1.807, 2.05) is 44.2 Å². The average molecular weight is 284 g/mol. The van der Waals surface area contributed by atoms with Crippen LogP contribution in [0.3, 0.4) is 0 Å². The first-order valence-corrected chi connectivity index (χ1v) is 7.56. The van der Waals surface area contributed by atoms with Crippen molar-refractivity contribution in [2.45, 2.75) is 40.0 Å². The number of carbonyl (C=O) groups excluding carboxylic acids is 1. The molecule has 0 saturated heterocycles. The van der Waals surface area contributed by atoms with Gasteiger partial charge in [0.25, 0.3) is 0 Å². The van der Waals surface area contributed by atoms with Gasteiger partial charge in [-0.2, -0.15) is 0 Å². The van der Waals surface area contributed by atoms with Gasteiger partial charge in [-0.15, -0.1) is 0 Å². The standard InChI is InChI=1S/C19H24O2/c1-4-5-6-10-13-18(19(20)21-15-16(2)3)14-17-11-8-7-9-12-17/h7-9,11-12,14,16H,4-6,15H2,1-3H3. The molecule has 0 amide bonds. The molecule has 1 aromatic rings. The first-order chi connectivity index (χ1) is 10.1. The van der Waals surface area contributed by atoms with Crippen molar-refractivity contribution in [1.82, 2.24) is 0 Å². The van der Waals surface area contributed by atoms with Crippen molar-refractivity contribution >= 4 is 12.0 Å². The number of benzene rings is 1. The monoisotopic (exact) mass is 284 g/mol. The Balaban J connectivity index is 2.85. The van der Waals surface area contributed by atoms with Crippen LogP contribution >= 0.6 is 0 Å².